The highest BCUT2D eigenvalue weighted by atomic mass is 32.2. The highest BCUT2D eigenvalue weighted by Gasteiger charge is 2.32. The average molecular weight is 479 g/mol. The number of hydrogen-bond donors (Lipinski definition) is 1. The zero-order valence-corrected chi connectivity index (χ0v) is 18.5. The number of sulfonamides is 1. The third-order valence-corrected chi connectivity index (χ3v) is 8.52. The van der Waals surface area contributed by atoms with Crippen molar-refractivity contribution in [1.82, 2.24) is 9.71 Å². The average Bonchev–Trinajstić information content (AvgIpc) is 3.24. The number of rotatable bonds is 7. The van der Waals surface area contributed by atoms with Crippen molar-refractivity contribution in [2.75, 3.05) is 13.3 Å². The third kappa shape index (κ3) is 4.31. The lowest BCUT2D eigenvalue weighted by Gasteiger charge is -2.19. The maximum Gasteiger partial charge on any atom is 0.240 e. The molecule has 1 atom stereocenters. The van der Waals surface area contributed by atoms with Gasteiger partial charge >= 0.3 is 0 Å². The topological polar surface area (TPSA) is 112 Å². The van der Waals surface area contributed by atoms with Crippen molar-refractivity contribution < 1.29 is 30.7 Å². The summed E-state index contributed by atoms with van der Waals surface area (Å²) in [5.41, 5.74) is 0.458. The zero-order chi connectivity index (χ0) is 22.9. The van der Waals surface area contributed by atoms with Gasteiger partial charge in [-0.1, -0.05) is 6.07 Å². The van der Waals surface area contributed by atoms with Crippen LogP contribution in [0.15, 0.2) is 70.7 Å². The van der Waals surface area contributed by atoms with Gasteiger partial charge in [0, 0.05) is 25.0 Å². The number of benzene rings is 2. The summed E-state index contributed by atoms with van der Waals surface area (Å²) >= 11 is 0. The second-order valence-corrected chi connectivity index (χ2v) is 11.0. The van der Waals surface area contributed by atoms with Gasteiger partial charge in [0.1, 0.15) is 11.1 Å². The lowest BCUT2D eigenvalue weighted by molar-refractivity contribution is 0.174. The summed E-state index contributed by atoms with van der Waals surface area (Å²) in [5, 5.41) is -1.29. The number of aryl methyl sites for hydroxylation is 1. The molecule has 8 nitrogen and oxygen atoms in total. The van der Waals surface area contributed by atoms with E-state index >= 15 is 0 Å². The largest absolute Gasteiger partial charge is 0.454 e. The number of fused-ring (bicyclic) bond motifs is 1. The molecule has 0 radical (unpaired) electrons. The van der Waals surface area contributed by atoms with Crippen LogP contribution in [0.4, 0.5) is 4.39 Å². The fourth-order valence-corrected chi connectivity index (χ4v) is 6.14. The van der Waals surface area contributed by atoms with Crippen LogP contribution in [0, 0.1) is 12.7 Å². The molecule has 0 saturated carbocycles. The Labute approximate surface area is 185 Å². The van der Waals surface area contributed by atoms with Crippen molar-refractivity contribution in [2.24, 2.45) is 0 Å². The Morgan fingerprint density at radius 2 is 1.78 bits per heavy atom. The normalized spacial score (nSPS) is 14.3. The number of hydrogen-bond acceptors (Lipinski definition) is 7. The van der Waals surface area contributed by atoms with E-state index in [9.17, 15) is 21.2 Å². The number of pyridine rings is 1. The van der Waals surface area contributed by atoms with E-state index < -0.39 is 37.5 Å². The fourth-order valence-electron chi connectivity index (χ4n) is 3.24. The van der Waals surface area contributed by atoms with Gasteiger partial charge in [0.2, 0.25) is 16.8 Å². The van der Waals surface area contributed by atoms with E-state index in [0.717, 1.165) is 12.1 Å². The van der Waals surface area contributed by atoms with Crippen LogP contribution >= 0.6 is 0 Å². The Balaban J connectivity index is 1.67. The highest BCUT2D eigenvalue weighted by molar-refractivity contribution is 7.92. The van der Waals surface area contributed by atoms with Crippen molar-refractivity contribution in [2.45, 2.75) is 22.0 Å². The molecule has 0 bridgehead atoms. The van der Waals surface area contributed by atoms with Crippen LogP contribution in [-0.2, 0) is 19.9 Å². The Morgan fingerprint density at radius 3 is 2.50 bits per heavy atom. The molecular formula is C21H19FN2O6S2. The first-order valence-corrected chi connectivity index (χ1v) is 12.5. The summed E-state index contributed by atoms with van der Waals surface area (Å²) < 4.78 is 78.9. The Bertz CT molecular complexity index is 1360. The minimum absolute atomic E-state index is 0.00925. The molecule has 0 spiro atoms. The first-order valence-electron chi connectivity index (χ1n) is 9.48. The second-order valence-electron chi connectivity index (χ2n) is 7.10. The molecule has 1 N–H and O–H groups in total. The monoisotopic (exact) mass is 478 g/mol. The standard InChI is InChI=1S/C21H19FN2O6S2/c1-14-9-16(4-6-18(14)22)31(25,26)21(15-3-2-8-23-11-15)12-24-32(27,28)17-5-7-19-20(10-17)30-13-29-19/h2-11,21,24H,12-13H2,1H3/t21-/m1/s1. The highest BCUT2D eigenvalue weighted by Crippen LogP contribution is 2.34. The quantitative estimate of drug-likeness (QED) is 0.520. The van der Waals surface area contributed by atoms with Gasteiger partial charge in [-0.2, -0.15) is 0 Å². The summed E-state index contributed by atoms with van der Waals surface area (Å²) in [6, 6.07) is 10.7. The van der Waals surface area contributed by atoms with E-state index in [1.54, 1.807) is 12.1 Å². The predicted octanol–water partition coefficient (Wildman–Crippen LogP) is 2.75. The molecule has 1 aromatic heterocycles. The number of sulfone groups is 1. The summed E-state index contributed by atoms with van der Waals surface area (Å²) in [5.74, 6) is 0.169. The SMILES string of the molecule is Cc1cc(S(=O)(=O)[C@H](CNS(=O)(=O)c2ccc3c(c2)OCO3)c2cccnc2)ccc1F. The summed E-state index contributed by atoms with van der Waals surface area (Å²) in [4.78, 5) is 3.74. The number of ether oxygens (including phenoxy) is 2. The summed E-state index contributed by atoms with van der Waals surface area (Å²) in [6.45, 7) is 0.988. The molecule has 1 aliphatic rings. The molecule has 3 aromatic rings. The van der Waals surface area contributed by atoms with Gasteiger partial charge in [0.15, 0.2) is 21.3 Å². The van der Waals surface area contributed by atoms with E-state index in [0.29, 0.717) is 11.3 Å². The van der Waals surface area contributed by atoms with Gasteiger partial charge in [-0.05, 0) is 54.4 Å². The molecule has 4 rings (SSSR count). The molecule has 1 aliphatic heterocycles. The predicted molar refractivity (Wildman–Crippen MR) is 113 cm³/mol. The molecule has 2 aromatic carbocycles. The van der Waals surface area contributed by atoms with Gasteiger partial charge in [-0.3, -0.25) is 4.98 Å². The third-order valence-electron chi connectivity index (χ3n) is 5.00. The molecule has 32 heavy (non-hydrogen) atoms. The summed E-state index contributed by atoms with van der Waals surface area (Å²) in [6.07, 6.45) is 2.83. The smallest absolute Gasteiger partial charge is 0.240 e. The lowest BCUT2D eigenvalue weighted by atomic mass is 10.2. The molecule has 0 saturated heterocycles. The van der Waals surface area contributed by atoms with Crippen molar-refractivity contribution in [3.63, 3.8) is 0 Å². The maximum absolute atomic E-state index is 13.7. The number of nitrogens with one attached hydrogen (secondary N) is 1. The van der Waals surface area contributed by atoms with E-state index in [4.69, 9.17) is 9.47 Å². The summed E-state index contributed by atoms with van der Waals surface area (Å²) in [7, 11) is -8.16. The van der Waals surface area contributed by atoms with Crippen molar-refractivity contribution in [1.29, 1.82) is 0 Å². The number of nitrogens with zero attached hydrogens (tertiary/aromatic N) is 1. The maximum atomic E-state index is 13.7. The molecule has 11 heteroatoms. The minimum Gasteiger partial charge on any atom is -0.454 e. The second kappa shape index (κ2) is 8.49. The van der Waals surface area contributed by atoms with Crippen LogP contribution in [0.25, 0.3) is 0 Å². The molecular weight excluding hydrogens is 459 g/mol. The van der Waals surface area contributed by atoms with Crippen LogP contribution in [0.3, 0.4) is 0 Å². The van der Waals surface area contributed by atoms with Crippen LogP contribution in [0.1, 0.15) is 16.4 Å². The molecule has 0 amide bonds. The number of halogens is 1. The van der Waals surface area contributed by atoms with Crippen molar-refractivity contribution in [3.8, 4) is 11.5 Å². The Morgan fingerprint density at radius 1 is 1.03 bits per heavy atom. The van der Waals surface area contributed by atoms with Crippen LogP contribution < -0.4 is 14.2 Å². The van der Waals surface area contributed by atoms with Gasteiger partial charge < -0.3 is 9.47 Å². The van der Waals surface area contributed by atoms with E-state index in [2.05, 4.69) is 9.71 Å². The van der Waals surface area contributed by atoms with Crippen molar-refractivity contribution >= 4 is 19.9 Å². The Hall–Kier alpha value is -3.02. The van der Waals surface area contributed by atoms with Crippen LogP contribution in [0.5, 0.6) is 11.5 Å². The van der Waals surface area contributed by atoms with Gasteiger partial charge in [-0.15, -0.1) is 0 Å². The molecule has 2 heterocycles. The molecule has 168 valence electrons. The molecule has 0 aliphatic carbocycles. The first-order chi connectivity index (χ1) is 15.2. The molecule has 0 fully saturated rings. The zero-order valence-electron chi connectivity index (χ0n) is 16.9. The molecule has 0 unspecified atom stereocenters. The van der Waals surface area contributed by atoms with Crippen molar-refractivity contribution in [3.05, 3.63) is 77.9 Å². The van der Waals surface area contributed by atoms with Gasteiger partial charge in [0.25, 0.3) is 0 Å². The van der Waals surface area contributed by atoms with Gasteiger partial charge in [-0.25, -0.2) is 25.9 Å². The minimum atomic E-state index is -4.09. The van der Waals surface area contributed by atoms with E-state index in [1.807, 2.05) is 0 Å². The van der Waals surface area contributed by atoms with Crippen LogP contribution in [-0.4, -0.2) is 35.2 Å². The van der Waals surface area contributed by atoms with E-state index in [1.165, 1.54) is 43.6 Å². The Kier molecular flexibility index (Phi) is 5.89. The first kappa shape index (κ1) is 22.2. The number of aromatic nitrogens is 1. The lowest BCUT2D eigenvalue weighted by Crippen LogP contribution is -2.32. The van der Waals surface area contributed by atoms with E-state index in [-0.39, 0.29) is 27.9 Å². The van der Waals surface area contributed by atoms with Gasteiger partial charge in [0.05, 0.1) is 9.79 Å². The fraction of sp³-hybridized carbons (Fsp3) is 0.190. The van der Waals surface area contributed by atoms with Crippen LogP contribution in [0.2, 0.25) is 0 Å².